The Hall–Kier alpha value is -1.10. The molecule has 0 aliphatic carbocycles. The van der Waals surface area contributed by atoms with E-state index in [1.54, 1.807) is 4.90 Å². The first-order valence-corrected chi connectivity index (χ1v) is 5.86. The molecule has 1 fully saturated rings. The highest BCUT2D eigenvalue weighted by molar-refractivity contribution is 5.85. The van der Waals surface area contributed by atoms with Gasteiger partial charge in [-0.3, -0.25) is 9.59 Å². The first kappa shape index (κ1) is 13.0. The third-order valence-electron chi connectivity index (χ3n) is 2.42. The van der Waals surface area contributed by atoms with Gasteiger partial charge in [0.1, 0.15) is 0 Å². The molecule has 0 spiro atoms. The number of amides is 2. The Morgan fingerprint density at radius 3 is 3.06 bits per heavy atom. The quantitative estimate of drug-likeness (QED) is 0.681. The van der Waals surface area contributed by atoms with Crippen LogP contribution in [0.25, 0.3) is 0 Å². The third kappa shape index (κ3) is 4.61. The lowest BCUT2D eigenvalue weighted by molar-refractivity contribution is -0.136. The molecule has 1 aliphatic rings. The zero-order valence-corrected chi connectivity index (χ0v) is 9.83. The van der Waals surface area contributed by atoms with E-state index in [4.69, 9.17) is 4.74 Å². The van der Waals surface area contributed by atoms with Gasteiger partial charge in [0.2, 0.25) is 11.8 Å². The molecule has 0 bridgehead atoms. The van der Waals surface area contributed by atoms with Crippen molar-refractivity contribution in [2.45, 2.75) is 26.2 Å². The normalized spacial score (nSPS) is 16.8. The molecule has 0 atom stereocenters. The van der Waals surface area contributed by atoms with Gasteiger partial charge < -0.3 is 15.0 Å². The van der Waals surface area contributed by atoms with E-state index in [9.17, 15) is 9.59 Å². The molecule has 0 aromatic rings. The van der Waals surface area contributed by atoms with E-state index in [2.05, 4.69) is 5.32 Å². The predicted octanol–water partition coefficient (Wildman–Crippen LogP) is 0.152. The van der Waals surface area contributed by atoms with Crippen molar-refractivity contribution in [2.75, 3.05) is 32.8 Å². The van der Waals surface area contributed by atoms with Gasteiger partial charge in [0.15, 0.2) is 0 Å². The van der Waals surface area contributed by atoms with Gasteiger partial charge in [-0.15, -0.1) is 0 Å². The van der Waals surface area contributed by atoms with Gasteiger partial charge in [-0.1, -0.05) is 6.92 Å². The zero-order chi connectivity index (χ0) is 11.8. The summed E-state index contributed by atoms with van der Waals surface area (Å²) in [6.07, 6.45) is 2.15. The number of nitrogens with zero attached hydrogens (tertiary/aromatic N) is 1. The fourth-order valence-electron chi connectivity index (χ4n) is 1.58. The Morgan fingerprint density at radius 1 is 1.50 bits per heavy atom. The molecule has 1 heterocycles. The molecule has 0 radical (unpaired) electrons. The molecule has 0 aromatic carbocycles. The van der Waals surface area contributed by atoms with Crippen molar-refractivity contribution < 1.29 is 14.3 Å². The lowest BCUT2D eigenvalue weighted by atomic mass is 10.3. The van der Waals surface area contributed by atoms with Crippen molar-refractivity contribution in [1.29, 1.82) is 0 Å². The van der Waals surface area contributed by atoms with E-state index in [0.29, 0.717) is 32.7 Å². The number of rotatable bonds is 5. The average molecular weight is 228 g/mol. The summed E-state index contributed by atoms with van der Waals surface area (Å²) in [4.78, 5) is 24.6. The topological polar surface area (TPSA) is 58.6 Å². The van der Waals surface area contributed by atoms with Crippen LogP contribution in [0.3, 0.4) is 0 Å². The fourth-order valence-corrected chi connectivity index (χ4v) is 1.58. The summed E-state index contributed by atoms with van der Waals surface area (Å²) in [6.45, 7) is 4.67. The van der Waals surface area contributed by atoms with Crippen LogP contribution < -0.4 is 5.32 Å². The Kier molecular flexibility index (Phi) is 5.85. The van der Waals surface area contributed by atoms with Gasteiger partial charge >= 0.3 is 0 Å². The molecule has 5 heteroatoms. The minimum absolute atomic E-state index is 0.00755. The van der Waals surface area contributed by atoms with Crippen molar-refractivity contribution in [3.63, 3.8) is 0 Å². The molecular weight excluding hydrogens is 208 g/mol. The first-order chi connectivity index (χ1) is 7.74. The van der Waals surface area contributed by atoms with Gasteiger partial charge in [-0.25, -0.2) is 0 Å². The fraction of sp³-hybridized carbons (Fsp3) is 0.818. The van der Waals surface area contributed by atoms with Crippen molar-refractivity contribution in [3.8, 4) is 0 Å². The van der Waals surface area contributed by atoms with Crippen LogP contribution >= 0.6 is 0 Å². The second-order valence-electron chi connectivity index (χ2n) is 3.88. The van der Waals surface area contributed by atoms with Gasteiger partial charge in [0.25, 0.3) is 0 Å². The van der Waals surface area contributed by atoms with Crippen LogP contribution in [-0.2, 0) is 14.3 Å². The van der Waals surface area contributed by atoms with E-state index < -0.39 is 0 Å². The SMILES string of the molecule is CCCOCCC(=O)N1CCCNC(=O)C1. The molecule has 16 heavy (non-hydrogen) atoms. The maximum atomic E-state index is 11.7. The minimum Gasteiger partial charge on any atom is -0.381 e. The zero-order valence-electron chi connectivity index (χ0n) is 9.83. The van der Waals surface area contributed by atoms with Crippen LogP contribution in [0, 0.1) is 0 Å². The molecule has 1 rings (SSSR count). The lowest BCUT2D eigenvalue weighted by Crippen LogP contribution is -2.37. The molecule has 1 N–H and O–H groups in total. The molecule has 1 saturated heterocycles. The third-order valence-corrected chi connectivity index (χ3v) is 2.42. The molecule has 0 aromatic heterocycles. The van der Waals surface area contributed by atoms with E-state index in [1.165, 1.54) is 0 Å². The van der Waals surface area contributed by atoms with Crippen LogP contribution in [0.4, 0.5) is 0 Å². The van der Waals surface area contributed by atoms with E-state index >= 15 is 0 Å². The monoisotopic (exact) mass is 228 g/mol. The summed E-state index contributed by atoms with van der Waals surface area (Å²) in [5.41, 5.74) is 0. The standard InChI is InChI=1S/C11H20N2O3/c1-2-7-16-8-4-11(15)13-6-3-5-12-10(14)9-13/h2-9H2,1H3,(H,12,14). The maximum absolute atomic E-state index is 11.7. The van der Waals surface area contributed by atoms with Crippen molar-refractivity contribution in [1.82, 2.24) is 10.2 Å². The Morgan fingerprint density at radius 2 is 2.31 bits per heavy atom. The average Bonchev–Trinajstić information content (AvgIpc) is 2.49. The number of hydrogen-bond acceptors (Lipinski definition) is 3. The summed E-state index contributed by atoms with van der Waals surface area (Å²) in [5, 5.41) is 2.74. The summed E-state index contributed by atoms with van der Waals surface area (Å²) < 4.78 is 5.25. The summed E-state index contributed by atoms with van der Waals surface area (Å²) >= 11 is 0. The van der Waals surface area contributed by atoms with Crippen molar-refractivity contribution >= 4 is 11.8 Å². The highest BCUT2D eigenvalue weighted by atomic mass is 16.5. The van der Waals surface area contributed by atoms with E-state index in [0.717, 1.165) is 12.8 Å². The summed E-state index contributed by atoms with van der Waals surface area (Å²) in [7, 11) is 0. The Balaban J connectivity index is 2.25. The van der Waals surface area contributed by atoms with E-state index in [-0.39, 0.29) is 18.4 Å². The highest BCUT2D eigenvalue weighted by Gasteiger charge is 2.18. The summed E-state index contributed by atoms with van der Waals surface area (Å²) in [5.74, 6) is -0.0616. The Labute approximate surface area is 96.1 Å². The molecule has 1 aliphatic heterocycles. The van der Waals surface area contributed by atoms with E-state index in [1.807, 2.05) is 6.92 Å². The molecule has 92 valence electrons. The molecular formula is C11H20N2O3. The van der Waals surface area contributed by atoms with Gasteiger partial charge in [0, 0.05) is 19.7 Å². The second-order valence-corrected chi connectivity index (χ2v) is 3.88. The maximum Gasteiger partial charge on any atom is 0.239 e. The Bertz CT molecular complexity index is 243. The van der Waals surface area contributed by atoms with Crippen LogP contribution in [0.2, 0.25) is 0 Å². The van der Waals surface area contributed by atoms with Crippen LogP contribution in [0.5, 0.6) is 0 Å². The molecule has 0 saturated carbocycles. The molecule has 0 unspecified atom stereocenters. The van der Waals surface area contributed by atoms with Crippen molar-refractivity contribution in [2.24, 2.45) is 0 Å². The number of ether oxygens (including phenoxy) is 1. The van der Waals surface area contributed by atoms with Gasteiger partial charge in [-0.05, 0) is 12.8 Å². The smallest absolute Gasteiger partial charge is 0.239 e. The summed E-state index contributed by atoms with van der Waals surface area (Å²) in [6, 6.07) is 0. The number of nitrogens with one attached hydrogen (secondary N) is 1. The number of carbonyl (C=O) groups excluding carboxylic acids is 2. The first-order valence-electron chi connectivity index (χ1n) is 5.86. The van der Waals surface area contributed by atoms with Crippen LogP contribution in [-0.4, -0.2) is 49.6 Å². The van der Waals surface area contributed by atoms with Crippen molar-refractivity contribution in [3.05, 3.63) is 0 Å². The molecule has 2 amide bonds. The minimum atomic E-state index is -0.0691. The van der Waals surface area contributed by atoms with Crippen LogP contribution in [0.15, 0.2) is 0 Å². The largest absolute Gasteiger partial charge is 0.381 e. The highest BCUT2D eigenvalue weighted by Crippen LogP contribution is 2.00. The van der Waals surface area contributed by atoms with Gasteiger partial charge in [-0.2, -0.15) is 0 Å². The van der Waals surface area contributed by atoms with Gasteiger partial charge in [0.05, 0.1) is 19.6 Å². The van der Waals surface area contributed by atoms with Crippen LogP contribution in [0.1, 0.15) is 26.2 Å². The molecule has 5 nitrogen and oxygen atoms in total. The predicted molar refractivity (Wildman–Crippen MR) is 59.9 cm³/mol. The second kappa shape index (κ2) is 7.22. The number of carbonyl (C=O) groups is 2. The lowest BCUT2D eigenvalue weighted by Gasteiger charge is -2.18. The number of hydrogen-bond donors (Lipinski definition) is 1.